The van der Waals surface area contributed by atoms with Crippen LogP contribution < -0.4 is 5.32 Å². The molecule has 0 aliphatic carbocycles. The van der Waals surface area contributed by atoms with Gasteiger partial charge in [-0.1, -0.05) is 0 Å². The van der Waals surface area contributed by atoms with E-state index in [2.05, 4.69) is 15.3 Å². The maximum absolute atomic E-state index is 10.6. The number of carbonyl (C=O) groups is 2. The molecule has 0 saturated heterocycles. The smallest absolute Gasteiger partial charge is 0.326 e. The first-order valence-corrected chi connectivity index (χ1v) is 3.91. The quantitative estimate of drug-likeness (QED) is 0.601. The molecule has 0 fully saturated rings. The number of nitrogens with zero attached hydrogens (tertiary/aromatic N) is 2. The topological polar surface area (TPSA) is 92.2 Å². The number of nitrogens with one attached hydrogen (secondary N) is 1. The van der Waals surface area contributed by atoms with Crippen LogP contribution in [-0.4, -0.2) is 33.5 Å². The second-order valence-corrected chi connectivity index (χ2v) is 2.58. The normalized spacial score (nSPS) is 11.7. The summed E-state index contributed by atoms with van der Waals surface area (Å²) in [5.74, 6) is -1.09. The number of aromatic nitrogens is 2. The molecule has 1 atom stereocenters. The summed E-state index contributed by atoms with van der Waals surface area (Å²) in [6, 6.07) is 0.657. The van der Waals surface area contributed by atoms with E-state index in [4.69, 9.17) is 5.11 Å². The Bertz CT molecular complexity index is 315. The van der Waals surface area contributed by atoms with Crippen molar-refractivity contribution in [3.05, 3.63) is 24.3 Å². The Hall–Kier alpha value is -1.98. The zero-order valence-corrected chi connectivity index (χ0v) is 7.25. The van der Waals surface area contributed by atoms with Crippen LogP contribution in [-0.2, 0) is 16.0 Å². The van der Waals surface area contributed by atoms with E-state index in [1.54, 1.807) is 6.07 Å². The van der Waals surface area contributed by atoms with E-state index >= 15 is 0 Å². The molecule has 74 valence electrons. The predicted octanol–water partition coefficient (Wildman–Crippen LogP) is -0.782. The molecule has 0 radical (unpaired) electrons. The summed E-state index contributed by atoms with van der Waals surface area (Å²) in [5.41, 5.74) is 0.571. The van der Waals surface area contributed by atoms with Gasteiger partial charge >= 0.3 is 5.97 Å². The van der Waals surface area contributed by atoms with Crippen LogP contribution >= 0.6 is 0 Å². The fourth-order valence-corrected chi connectivity index (χ4v) is 0.948. The molecule has 6 heteroatoms. The van der Waals surface area contributed by atoms with E-state index in [-0.39, 0.29) is 6.42 Å². The maximum Gasteiger partial charge on any atom is 0.326 e. The van der Waals surface area contributed by atoms with Crippen LogP contribution in [0.2, 0.25) is 0 Å². The molecule has 14 heavy (non-hydrogen) atoms. The Morgan fingerprint density at radius 1 is 1.71 bits per heavy atom. The van der Waals surface area contributed by atoms with Crippen molar-refractivity contribution in [1.82, 2.24) is 15.3 Å². The molecule has 1 unspecified atom stereocenters. The highest BCUT2D eigenvalue weighted by Gasteiger charge is 2.16. The first-order valence-electron chi connectivity index (χ1n) is 3.91. The monoisotopic (exact) mass is 195 g/mol. The standard InChI is InChI=1S/C8H9N3O3/c12-5-11-7(8(13)14)3-6-1-2-9-4-10-6/h1-2,4-5,7H,3H2,(H,11,12)(H,13,14). The van der Waals surface area contributed by atoms with Gasteiger partial charge in [0.1, 0.15) is 12.4 Å². The number of carboxylic acid groups (broad SMARTS) is 1. The number of hydrogen-bond donors (Lipinski definition) is 2. The molecule has 1 heterocycles. The number of hydrogen-bond acceptors (Lipinski definition) is 4. The van der Waals surface area contributed by atoms with Crippen LogP contribution in [0, 0.1) is 0 Å². The Labute approximate surface area is 80.0 Å². The molecular formula is C8H9N3O3. The molecule has 1 rings (SSSR count). The maximum atomic E-state index is 10.6. The van der Waals surface area contributed by atoms with Crippen molar-refractivity contribution in [3.8, 4) is 0 Å². The molecular weight excluding hydrogens is 186 g/mol. The average molecular weight is 195 g/mol. The zero-order chi connectivity index (χ0) is 10.4. The second kappa shape index (κ2) is 4.90. The Morgan fingerprint density at radius 2 is 2.50 bits per heavy atom. The summed E-state index contributed by atoms with van der Waals surface area (Å²) in [4.78, 5) is 28.3. The Balaban J connectivity index is 2.64. The lowest BCUT2D eigenvalue weighted by Crippen LogP contribution is -2.37. The zero-order valence-electron chi connectivity index (χ0n) is 7.25. The van der Waals surface area contributed by atoms with Crippen LogP contribution in [0.3, 0.4) is 0 Å². The number of amides is 1. The van der Waals surface area contributed by atoms with Gasteiger partial charge in [0.15, 0.2) is 0 Å². The third kappa shape index (κ3) is 2.81. The molecule has 1 aromatic heterocycles. The molecule has 1 aromatic rings. The van der Waals surface area contributed by atoms with Gasteiger partial charge in [-0.15, -0.1) is 0 Å². The average Bonchev–Trinajstić information content (AvgIpc) is 2.18. The van der Waals surface area contributed by atoms with E-state index in [0.29, 0.717) is 12.1 Å². The molecule has 0 aromatic carbocycles. The highest BCUT2D eigenvalue weighted by Crippen LogP contribution is 1.97. The minimum Gasteiger partial charge on any atom is -0.480 e. The highest BCUT2D eigenvalue weighted by atomic mass is 16.4. The highest BCUT2D eigenvalue weighted by molar-refractivity contribution is 5.76. The third-order valence-electron chi connectivity index (χ3n) is 1.62. The summed E-state index contributed by atoms with van der Waals surface area (Å²) in [6.07, 6.45) is 3.36. The van der Waals surface area contributed by atoms with Crippen molar-refractivity contribution < 1.29 is 14.7 Å². The van der Waals surface area contributed by atoms with Crippen LogP contribution in [0.25, 0.3) is 0 Å². The van der Waals surface area contributed by atoms with Gasteiger partial charge in [-0.3, -0.25) is 4.79 Å². The van der Waals surface area contributed by atoms with Gasteiger partial charge in [0.2, 0.25) is 6.41 Å². The molecule has 0 saturated carbocycles. The van der Waals surface area contributed by atoms with Gasteiger partial charge in [0.25, 0.3) is 0 Å². The van der Waals surface area contributed by atoms with Crippen LogP contribution in [0.5, 0.6) is 0 Å². The van der Waals surface area contributed by atoms with Crippen molar-refractivity contribution in [2.45, 2.75) is 12.5 Å². The fraction of sp³-hybridized carbons (Fsp3) is 0.250. The van der Waals surface area contributed by atoms with Gasteiger partial charge in [0, 0.05) is 18.3 Å². The first kappa shape index (κ1) is 10.1. The molecule has 0 aliphatic rings. The van der Waals surface area contributed by atoms with Crippen molar-refractivity contribution in [2.75, 3.05) is 0 Å². The first-order chi connectivity index (χ1) is 6.74. The number of rotatable bonds is 5. The summed E-state index contributed by atoms with van der Waals surface area (Å²) in [5, 5.41) is 10.9. The van der Waals surface area contributed by atoms with E-state index in [1.807, 2.05) is 0 Å². The summed E-state index contributed by atoms with van der Waals surface area (Å²) < 4.78 is 0. The van der Waals surface area contributed by atoms with Gasteiger partial charge in [-0.2, -0.15) is 0 Å². The lowest BCUT2D eigenvalue weighted by molar-refractivity contribution is -0.140. The van der Waals surface area contributed by atoms with Crippen LogP contribution in [0.1, 0.15) is 5.69 Å². The summed E-state index contributed by atoms with van der Waals surface area (Å²) >= 11 is 0. The second-order valence-electron chi connectivity index (χ2n) is 2.58. The Morgan fingerprint density at radius 3 is 3.00 bits per heavy atom. The third-order valence-corrected chi connectivity index (χ3v) is 1.62. The molecule has 0 bridgehead atoms. The largest absolute Gasteiger partial charge is 0.480 e. The van der Waals surface area contributed by atoms with Crippen molar-refractivity contribution in [2.24, 2.45) is 0 Å². The minimum absolute atomic E-state index is 0.149. The SMILES string of the molecule is O=CNC(Cc1ccncn1)C(=O)O. The molecule has 0 spiro atoms. The van der Waals surface area contributed by atoms with Gasteiger partial charge in [-0.25, -0.2) is 14.8 Å². The van der Waals surface area contributed by atoms with Crippen molar-refractivity contribution >= 4 is 12.4 Å². The van der Waals surface area contributed by atoms with E-state index in [1.165, 1.54) is 12.5 Å². The number of aliphatic carboxylic acids is 1. The molecule has 0 aliphatic heterocycles. The Kier molecular flexibility index (Phi) is 3.54. The number of carbonyl (C=O) groups excluding carboxylic acids is 1. The lowest BCUT2D eigenvalue weighted by atomic mass is 10.1. The van der Waals surface area contributed by atoms with Gasteiger partial charge in [0.05, 0.1) is 0 Å². The predicted molar refractivity (Wildman–Crippen MR) is 46.4 cm³/mol. The fourth-order valence-electron chi connectivity index (χ4n) is 0.948. The van der Waals surface area contributed by atoms with Crippen molar-refractivity contribution in [1.29, 1.82) is 0 Å². The van der Waals surface area contributed by atoms with Crippen LogP contribution in [0.4, 0.5) is 0 Å². The van der Waals surface area contributed by atoms with Crippen LogP contribution in [0.15, 0.2) is 18.6 Å². The van der Waals surface area contributed by atoms with Crippen molar-refractivity contribution in [3.63, 3.8) is 0 Å². The van der Waals surface area contributed by atoms with E-state index in [0.717, 1.165) is 0 Å². The van der Waals surface area contributed by atoms with E-state index in [9.17, 15) is 9.59 Å². The molecule has 6 nitrogen and oxygen atoms in total. The summed E-state index contributed by atoms with van der Waals surface area (Å²) in [6.45, 7) is 0. The van der Waals surface area contributed by atoms with Gasteiger partial charge < -0.3 is 10.4 Å². The van der Waals surface area contributed by atoms with E-state index < -0.39 is 12.0 Å². The lowest BCUT2D eigenvalue weighted by Gasteiger charge is -2.09. The van der Waals surface area contributed by atoms with Gasteiger partial charge in [-0.05, 0) is 6.07 Å². The minimum atomic E-state index is -1.09. The molecule has 2 N–H and O–H groups in total. The molecule has 1 amide bonds. The number of carboxylic acids is 1. The summed E-state index contributed by atoms with van der Waals surface area (Å²) in [7, 11) is 0.